The fourth-order valence-electron chi connectivity index (χ4n) is 4.17. The van der Waals surface area contributed by atoms with Crippen LogP contribution in [0.1, 0.15) is 35.7 Å². The van der Waals surface area contributed by atoms with Crippen LogP contribution >= 0.6 is 11.6 Å². The molecule has 1 saturated heterocycles. The van der Waals surface area contributed by atoms with Crippen molar-refractivity contribution in [1.29, 1.82) is 0 Å². The molecule has 0 spiro atoms. The molecule has 2 amide bonds. The van der Waals surface area contributed by atoms with Crippen molar-refractivity contribution in [3.05, 3.63) is 52.5 Å². The van der Waals surface area contributed by atoms with Gasteiger partial charge in [-0.2, -0.15) is 0 Å². The number of likely N-dealkylation sites (tertiary alicyclic amines) is 1. The largest absolute Gasteiger partial charge is 0.466 e. The van der Waals surface area contributed by atoms with Crippen molar-refractivity contribution in [1.82, 2.24) is 10.2 Å². The number of rotatable bonds is 8. The Morgan fingerprint density at radius 2 is 1.97 bits per heavy atom. The minimum Gasteiger partial charge on any atom is -0.466 e. The van der Waals surface area contributed by atoms with Gasteiger partial charge in [0, 0.05) is 24.5 Å². The summed E-state index contributed by atoms with van der Waals surface area (Å²) in [6.07, 6.45) is -0.272. The highest BCUT2D eigenvalue weighted by Crippen LogP contribution is 2.32. The molecule has 2 atom stereocenters. The van der Waals surface area contributed by atoms with Gasteiger partial charge in [0.1, 0.15) is 6.23 Å². The summed E-state index contributed by atoms with van der Waals surface area (Å²) < 4.78 is 15.7. The first kappa shape index (κ1) is 25.7. The first-order valence-corrected chi connectivity index (χ1v) is 12.1. The number of esters is 1. The van der Waals surface area contributed by atoms with E-state index in [-0.39, 0.29) is 44.4 Å². The summed E-state index contributed by atoms with van der Waals surface area (Å²) in [4.78, 5) is 39.2. The molecule has 0 aliphatic carbocycles. The molecule has 2 heterocycles. The first-order valence-electron chi connectivity index (χ1n) is 11.7. The number of ether oxygens (including phenoxy) is 3. The van der Waals surface area contributed by atoms with Crippen LogP contribution in [0, 0.1) is 5.92 Å². The van der Waals surface area contributed by atoms with Gasteiger partial charge >= 0.3 is 5.97 Å². The third kappa shape index (κ3) is 6.26. The lowest BCUT2D eigenvalue weighted by Crippen LogP contribution is -2.47. The van der Waals surface area contributed by atoms with Gasteiger partial charge in [-0.1, -0.05) is 17.7 Å². The average molecular weight is 518 g/mol. The van der Waals surface area contributed by atoms with Crippen LogP contribution < -0.4 is 20.1 Å². The first-order chi connectivity index (χ1) is 17.3. The Hall–Kier alpha value is -3.34. The molecule has 11 heteroatoms. The van der Waals surface area contributed by atoms with E-state index in [1.807, 2.05) is 6.07 Å². The Labute approximate surface area is 213 Å². The maximum Gasteiger partial charge on any atom is 0.309 e. The van der Waals surface area contributed by atoms with E-state index < -0.39 is 24.0 Å². The number of benzene rings is 2. The van der Waals surface area contributed by atoms with Crippen molar-refractivity contribution in [2.45, 2.75) is 32.5 Å². The molecule has 0 saturated carbocycles. The van der Waals surface area contributed by atoms with Crippen molar-refractivity contribution in [3.63, 3.8) is 0 Å². The average Bonchev–Trinajstić information content (AvgIpc) is 3.33. The van der Waals surface area contributed by atoms with Crippen LogP contribution in [0.15, 0.2) is 36.4 Å². The van der Waals surface area contributed by atoms with Crippen molar-refractivity contribution in [3.8, 4) is 11.5 Å². The monoisotopic (exact) mass is 517 g/mol. The Kier molecular flexibility index (Phi) is 8.29. The molecule has 2 aliphatic heterocycles. The van der Waals surface area contributed by atoms with Gasteiger partial charge in [0.15, 0.2) is 11.5 Å². The van der Waals surface area contributed by atoms with Crippen molar-refractivity contribution >= 4 is 35.1 Å². The van der Waals surface area contributed by atoms with Gasteiger partial charge in [-0.15, -0.1) is 0 Å². The van der Waals surface area contributed by atoms with Crippen molar-refractivity contribution < 1.29 is 33.7 Å². The van der Waals surface area contributed by atoms with Gasteiger partial charge < -0.3 is 30.0 Å². The molecule has 2 aromatic carbocycles. The van der Waals surface area contributed by atoms with E-state index in [4.69, 9.17) is 25.8 Å². The molecule has 2 aromatic rings. The van der Waals surface area contributed by atoms with Gasteiger partial charge in [-0.05, 0) is 49.2 Å². The van der Waals surface area contributed by atoms with Crippen LogP contribution in [0.2, 0.25) is 5.02 Å². The second kappa shape index (κ2) is 11.6. The summed E-state index contributed by atoms with van der Waals surface area (Å²) in [5, 5.41) is 16.3. The SMILES string of the molecule is CCOC(=O)C1CCN(CC(=O)Nc2ccc(Cl)cc2C(=O)NCc2ccc3c(c2)OCO3)C(O)C1. The number of hydrogen-bond acceptors (Lipinski definition) is 8. The van der Waals surface area contributed by atoms with Crippen molar-refractivity contribution in [2.75, 3.05) is 31.8 Å². The number of carbonyl (C=O) groups excluding carboxylic acids is 3. The topological polar surface area (TPSA) is 126 Å². The number of piperidine rings is 1. The smallest absolute Gasteiger partial charge is 0.309 e. The van der Waals surface area contributed by atoms with Crippen LogP contribution in [0.5, 0.6) is 11.5 Å². The molecule has 0 bridgehead atoms. The summed E-state index contributed by atoms with van der Waals surface area (Å²) in [6.45, 7) is 2.68. The molecule has 0 aromatic heterocycles. The highest BCUT2D eigenvalue weighted by molar-refractivity contribution is 6.31. The van der Waals surface area contributed by atoms with Crippen LogP contribution in [0.4, 0.5) is 5.69 Å². The number of anilines is 1. The van der Waals surface area contributed by atoms with E-state index >= 15 is 0 Å². The molecule has 3 N–H and O–H groups in total. The Morgan fingerprint density at radius 1 is 1.17 bits per heavy atom. The number of carbonyl (C=O) groups is 3. The highest BCUT2D eigenvalue weighted by atomic mass is 35.5. The molecule has 2 unspecified atom stereocenters. The lowest BCUT2D eigenvalue weighted by molar-refractivity contribution is -0.154. The van der Waals surface area contributed by atoms with E-state index in [0.717, 1.165) is 5.56 Å². The number of halogens is 1. The summed E-state index contributed by atoms with van der Waals surface area (Å²) in [5.41, 5.74) is 1.32. The zero-order valence-electron chi connectivity index (χ0n) is 19.8. The van der Waals surface area contributed by atoms with Gasteiger partial charge in [0.2, 0.25) is 12.7 Å². The molecular formula is C25H28ClN3O7. The van der Waals surface area contributed by atoms with Crippen LogP contribution in [0.25, 0.3) is 0 Å². The lowest BCUT2D eigenvalue weighted by Gasteiger charge is -2.34. The Bertz CT molecular complexity index is 1140. The number of nitrogens with zero attached hydrogens (tertiary/aromatic N) is 1. The molecule has 10 nitrogen and oxygen atoms in total. The number of aliphatic hydroxyl groups excluding tert-OH is 1. The van der Waals surface area contributed by atoms with Crippen LogP contribution in [-0.2, 0) is 20.9 Å². The second-order valence-electron chi connectivity index (χ2n) is 8.53. The fourth-order valence-corrected chi connectivity index (χ4v) is 4.34. The predicted molar refractivity (Wildman–Crippen MR) is 131 cm³/mol. The number of fused-ring (bicyclic) bond motifs is 1. The molecule has 2 aliphatic rings. The molecule has 192 valence electrons. The normalized spacial score (nSPS) is 19.0. The summed E-state index contributed by atoms with van der Waals surface area (Å²) >= 11 is 6.11. The molecule has 4 rings (SSSR count). The molecule has 1 fully saturated rings. The van der Waals surface area contributed by atoms with E-state index in [1.54, 1.807) is 36.1 Å². The van der Waals surface area contributed by atoms with Crippen LogP contribution in [0.3, 0.4) is 0 Å². The molecule has 36 heavy (non-hydrogen) atoms. The number of aliphatic hydroxyl groups is 1. The third-order valence-electron chi connectivity index (χ3n) is 6.04. The summed E-state index contributed by atoms with van der Waals surface area (Å²) in [6, 6.07) is 10.00. The van der Waals surface area contributed by atoms with E-state index in [0.29, 0.717) is 35.2 Å². The highest BCUT2D eigenvalue weighted by Gasteiger charge is 2.33. The zero-order chi connectivity index (χ0) is 25.7. The quantitative estimate of drug-likeness (QED) is 0.456. The predicted octanol–water partition coefficient (Wildman–Crippen LogP) is 2.53. The fraction of sp³-hybridized carbons (Fsp3) is 0.400. The van der Waals surface area contributed by atoms with Gasteiger partial charge in [-0.25, -0.2) is 0 Å². The summed E-state index contributed by atoms with van der Waals surface area (Å²) in [5.74, 6) is -0.281. The maximum absolute atomic E-state index is 12.9. The standard InChI is InChI=1S/C25H28ClN3O7/c1-2-34-25(33)16-7-8-29(23(31)10-16)13-22(30)28-19-5-4-17(26)11-18(19)24(32)27-12-15-3-6-20-21(9-15)36-14-35-20/h3-6,9,11,16,23,31H,2,7-8,10,12-14H2,1H3,(H,27,32)(H,28,30). The molecular weight excluding hydrogens is 490 g/mol. The Morgan fingerprint density at radius 3 is 2.75 bits per heavy atom. The van der Waals surface area contributed by atoms with Gasteiger partial charge in [0.05, 0.1) is 30.3 Å². The number of amides is 2. The lowest BCUT2D eigenvalue weighted by atomic mass is 9.95. The minimum atomic E-state index is -0.950. The maximum atomic E-state index is 12.9. The number of nitrogens with one attached hydrogen (secondary N) is 2. The van der Waals surface area contributed by atoms with Gasteiger partial charge in [0.25, 0.3) is 5.91 Å². The second-order valence-corrected chi connectivity index (χ2v) is 8.97. The third-order valence-corrected chi connectivity index (χ3v) is 6.27. The molecule has 0 radical (unpaired) electrons. The van der Waals surface area contributed by atoms with E-state index in [1.165, 1.54) is 6.07 Å². The van der Waals surface area contributed by atoms with E-state index in [2.05, 4.69) is 10.6 Å². The minimum absolute atomic E-state index is 0.0996. The summed E-state index contributed by atoms with van der Waals surface area (Å²) in [7, 11) is 0. The van der Waals surface area contributed by atoms with Crippen LogP contribution in [-0.4, -0.2) is 60.5 Å². The zero-order valence-corrected chi connectivity index (χ0v) is 20.5. The van der Waals surface area contributed by atoms with Gasteiger partial charge in [-0.3, -0.25) is 19.3 Å². The number of hydrogen-bond donors (Lipinski definition) is 3. The van der Waals surface area contributed by atoms with Crippen molar-refractivity contribution in [2.24, 2.45) is 5.92 Å². The van der Waals surface area contributed by atoms with E-state index in [9.17, 15) is 19.5 Å². The Balaban J connectivity index is 1.35.